The number of aryl methyl sites for hydroxylation is 1. The summed E-state index contributed by atoms with van der Waals surface area (Å²) >= 11 is 0. The van der Waals surface area contributed by atoms with E-state index in [4.69, 9.17) is 5.84 Å². The van der Waals surface area contributed by atoms with Crippen LogP contribution in [0.3, 0.4) is 0 Å². The number of hydrogen-bond acceptors (Lipinski definition) is 2. The van der Waals surface area contributed by atoms with Gasteiger partial charge >= 0.3 is 0 Å². The van der Waals surface area contributed by atoms with Crippen LogP contribution in [0, 0.1) is 23.7 Å². The summed E-state index contributed by atoms with van der Waals surface area (Å²) < 4.78 is 0. The first kappa shape index (κ1) is 12.6. The van der Waals surface area contributed by atoms with Crippen molar-refractivity contribution < 1.29 is 0 Å². The Labute approximate surface area is 105 Å². The summed E-state index contributed by atoms with van der Waals surface area (Å²) in [6, 6.07) is 8.76. The Kier molecular flexibility index (Phi) is 2.83. The van der Waals surface area contributed by atoms with Crippen molar-refractivity contribution in [2.24, 2.45) is 22.6 Å². The van der Waals surface area contributed by atoms with Crippen molar-refractivity contribution in [3.63, 3.8) is 0 Å². The van der Waals surface area contributed by atoms with Gasteiger partial charge in [-0.15, -0.1) is 0 Å². The Morgan fingerprint density at radius 3 is 2.06 bits per heavy atom. The van der Waals surface area contributed by atoms with E-state index in [1.165, 1.54) is 11.1 Å². The fourth-order valence-corrected chi connectivity index (χ4v) is 3.38. The SMILES string of the molecule is Cc1ccccc1C(NN)C1C(C)(C)C1(C)C. The van der Waals surface area contributed by atoms with E-state index in [0.717, 1.165) is 0 Å². The smallest absolute Gasteiger partial charge is 0.0501 e. The first-order valence-corrected chi connectivity index (χ1v) is 6.35. The van der Waals surface area contributed by atoms with Gasteiger partial charge in [-0.3, -0.25) is 11.3 Å². The molecule has 2 rings (SSSR count). The highest BCUT2D eigenvalue weighted by molar-refractivity contribution is 5.33. The van der Waals surface area contributed by atoms with Gasteiger partial charge in [-0.1, -0.05) is 52.0 Å². The van der Waals surface area contributed by atoms with Crippen LogP contribution < -0.4 is 11.3 Å². The molecule has 1 unspecified atom stereocenters. The Morgan fingerprint density at radius 2 is 1.65 bits per heavy atom. The zero-order chi connectivity index (χ0) is 12.8. The van der Waals surface area contributed by atoms with E-state index in [1.54, 1.807) is 0 Å². The summed E-state index contributed by atoms with van der Waals surface area (Å²) in [6.07, 6.45) is 0. The van der Waals surface area contributed by atoms with Crippen LogP contribution >= 0.6 is 0 Å². The molecule has 0 aliphatic heterocycles. The minimum Gasteiger partial charge on any atom is -0.271 e. The summed E-state index contributed by atoms with van der Waals surface area (Å²) in [6.45, 7) is 11.5. The van der Waals surface area contributed by atoms with Gasteiger partial charge in [0.15, 0.2) is 0 Å². The van der Waals surface area contributed by atoms with Crippen molar-refractivity contribution in [3.05, 3.63) is 35.4 Å². The molecule has 0 amide bonds. The molecule has 1 fully saturated rings. The van der Waals surface area contributed by atoms with Gasteiger partial charge < -0.3 is 0 Å². The summed E-state index contributed by atoms with van der Waals surface area (Å²) in [5.41, 5.74) is 6.36. The Balaban J connectivity index is 2.35. The van der Waals surface area contributed by atoms with Crippen LogP contribution in [0.5, 0.6) is 0 Å². The van der Waals surface area contributed by atoms with Gasteiger partial charge in [0.2, 0.25) is 0 Å². The normalized spacial score (nSPS) is 23.4. The number of hydrazine groups is 1. The van der Waals surface area contributed by atoms with Crippen molar-refractivity contribution in [2.75, 3.05) is 0 Å². The van der Waals surface area contributed by atoms with Gasteiger partial charge in [0, 0.05) is 0 Å². The number of rotatable bonds is 3. The highest BCUT2D eigenvalue weighted by atomic mass is 15.2. The summed E-state index contributed by atoms with van der Waals surface area (Å²) in [5.74, 6) is 6.39. The van der Waals surface area contributed by atoms with Crippen molar-refractivity contribution >= 4 is 0 Å². The Hall–Kier alpha value is -0.860. The van der Waals surface area contributed by atoms with Crippen LogP contribution in [0.1, 0.15) is 44.9 Å². The van der Waals surface area contributed by atoms with Gasteiger partial charge in [-0.05, 0) is 34.8 Å². The average molecular weight is 232 g/mol. The van der Waals surface area contributed by atoms with Crippen LogP contribution in [0.4, 0.5) is 0 Å². The van der Waals surface area contributed by atoms with Gasteiger partial charge in [0.05, 0.1) is 6.04 Å². The molecule has 1 atom stereocenters. The lowest BCUT2D eigenvalue weighted by Crippen LogP contribution is -2.31. The van der Waals surface area contributed by atoms with Crippen LogP contribution in [0.25, 0.3) is 0 Å². The standard InChI is InChI=1S/C15H24N2/c1-10-8-6-7-9-11(10)12(17-16)13-14(2,3)15(13,4)5/h6-9,12-13,17H,16H2,1-5H3. The third-order valence-corrected chi connectivity index (χ3v) is 5.17. The second-order valence-corrected chi connectivity index (χ2v) is 6.42. The van der Waals surface area contributed by atoms with Crippen molar-refractivity contribution in [2.45, 2.75) is 40.7 Å². The quantitative estimate of drug-likeness (QED) is 0.620. The lowest BCUT2D eigenvalue weighted by atomic mass is 9.94. The molecule has 2 heteroatoms. The zero-order valence-electron chi connectivity index (χ0n) is 11.5. The van der Waals surface area contributed by atoms with Crippen molar-refractivity contribution in [1.29, 1.82) is 0 Å². The molecule has 1 aliphatic rings. The molecule has 94 valence electrons. The van der Waals surface area contributed by atoms with Crippen LogP contribution in [0.15, 0.2) is 24.3 Å². The Morgan fingerprint density at radius 1 is 1.12 bits per heavy atom. The second-order valence-electron chi connectivity index (χ2n) is 6.42. The molecule has 0 saturated heterocycles. The fourth-order valence-electron chi connectivity index (χ4n) is 3.38. The molecule has 0 radical (unpaired) electrons. The summed E-state index contributed by atoms with van der Waals surface area (Å²) in [7, 11) is 0. The van der Waals surface area contributed by atoms with Gasteiger partial charge in [0.25, 0.3) is 0 Å². The second kappa shape index (κ2) is 3.82. The largest absolute Gasteiger partial charge is 0.271 e. The highest BCUT2D eigenvalue weighted by Crippen LogP contribution is 2.72. The maximum atomic E-state index is 5.81. The van der Waals surface area contributed by atoms with Crippen LogP contribution in [0.2, 0.25) is 0 Å². The lowest BCUT2D eigenvalue weighted by molar-refractivity contribution is 0.416. The molecule has 1 aliphatic carbocycles. The zero-order valence-corrected chi connectivity index (χ0v) is 11.5. The lowest BCUT2D eigenvalue weighted by Gasteiger charge is -2.20. The molecule has 0 aromatic heterocycles. The monoisotopic (exact) mass is 232 g/mol. The molecule has 0 spiro atoms. The maximum Gasteiger partial charge on any atom is 0.0501 e. The molecule has 17 heavy (non-hydrogen) atoms. The predicted octanol–water partition coefficient (Wildman–Crippen LogP) is 3.18. The first-order chi connectivity index (χ1) is 7.84. The molecule has 1 saturated carbocycles. The average Bonchev–Trinajstić information content (AvgIpc) is 2.64. The molecule has 2 nitrogen and oxygen atoms in total. The van der Waals surface area contributed by atoms with E-state index in [0.29, 0.717) is 16.7 Å². The molecule has 3 N–H and O–H groups in total. The molecule has 1 aromatic rings. The number of nitrogens with two attached hydrogens (primary N) is 1. The number of nitrogens with one attached hydrogen (secondary N) is 1. The van der Waals surface area contributed by atoms with E-state index in [-0.39, 0.29) is 6.04 Å². The third kappa shape index (κ3) is 1.71. The predicted molar refractivity (Wildman–Crippen MR) is 72.3 cm³/mol. The fraction of sp³-hybridized carbons (Fsp3) is 0.600. The minimum atomic E-state index is 0.251. The topological polar surface area (TPSA) is 38.0 Å². The van der Waals surface area contributed by atoms with Crippen LogP contribution in [-0.2, 0) is 0 Å². The van der Waals surface area contributed by atoms with E-state index >= 15 is 0 Å². The maximum absolute atomic E-state index is 5.81. The third-order valence-electron chi connectivity index (χ3n) is 5.17. The van der Waals surface area contributed by atoms with Crippen molar-refractivity contribution in [3.8, 4) is 0 Å². The van der Waals surface area contributed by atoms with Gasteiger partial charge in [-0.25, -0.2) is 0 Å². The van der Waals surface area contributed by atoms with Gasteiger partial charge in [0.1, 0.15) is 0 Å². The molecular formula is C15H24N2. The van der Waals surface area contributed by atoms with E-state index in [1.807, 2.05) is 0 Å². The van der Waals surface area contributed by atoms with E-state index in [2.05, 4.69) is 64.3 Å². The molecule has 0 heterocycles. The minimum absolute atomic E-state index is 0.251. The van der Waals surface area contributed by atoms with Gasteiger partial charge in [-0.2, -0.15) is 0 Å². The molecule has 1 aromatic carbocycles. The Bertz CT molecular complexity index is 407. The van der Waals surface area contributed by atoms with E-state index < -0.39 is 0 Å². The number of hydrogen-bond donors (Lipinski definition) is 2. The van der Waals surface area contributed by atoms with Crippen molar-refractivity contribution in [1.82, 2.24) is 5.43 Å². The molecular weight excluding hydrogens is 208 g/mol. The van der Waals surface area contributed by atoms with Crippen LogP contribution in [-0.4, -0.2) is 0 Å². The summed E-state index contributed by atoms with van der Waals surface area (Å²) in [5, 5.41) is 0. The first-order valence-electron chi connectivity index (χ1n) is 6.35. The summed E-state index contributed by atoms with van der Waals surface area (Å²) in [4.78, 5) is 0. The number of benzene rings is 1. The highest BCUT2D eigenvalue weighted by Gasteiger charge is 2.67. The molecule has 0 bridgehead atoms. The van der Waals surface area contributed by atoms with E-state index in [9.17, 15) is 0 Å².